The number of aromatic nitrogens is 1. The number of anilines is 1. The topological polar surface area (TPSA) is 49.6 Å². The predicted molar refractivity (Wildman–Crippen MR) is 80.8 cm³/mol. The van der Waals surface area contributed by atoms with Crippen LogP contribution in [-0.4, -0.2) is 42.0 Å². The normalized spacial score (nSPS) is 15.3. The van der Waals surface area contributed by atoms with E-state index < -0.39 is 0 Å². The predicted octanol–water partition coefficient (Wildman–Crippen LogP) is 2.60. The smallest absolute Gasteiger partial charge is 0.275 e. The maximum absolute atomic E-state index is 12.3. The van der Waals surface area contributed by atoms with Crippen molar-refractivity contribution in [1.82, 2.24) is 9.88 Å². The average Bonchev–Trinajstić information content (AvgIpc) is 2.93. The highest BCUT2D eigenvalue weighted by molar-refractivity contribution is 6.30. The molecule has 1 saturated heterocycles. The lowest BCUT2D eigenvalue weighted by molar-refractivity contribution is 0.0741. The van der Waals surface area contributed by atoms with Gasteiger partial charge in [-0.2, -0.15) is 0 Å². The van der Waals surface area contributed by atoms with E-state index in [9.17, 15) is 4.79 Å². The highest BCUT2D eigenvalue weighted by Crippen LogP contribution is 2.21. The van der Waals surface area contributed by atoms with Crippen molar-refractivity contribution in [3.05, 3.63) is 47.1 Å². The van der Waals surface area contributed by atoms with Gasteiger partial charge in [0.2, 0.25) is 0 Å². The summed E-state index contributed by atoms with van der Waals surface area (Å²) in [5.74, 6) is 0.438. The van der Waals surface area contributed by atoms with Gasteiger partial charge in [0.25, 0.3) is 5.91 Å². The van der Waals surface area contributed by atoms with E-state index in [1.54, 1.807) is 11.8 Å². The quantitative estimate of drug-likeness (QED) is 0.856. The summed E-state index contributed by atoms with van der Waals surface area (Å²) in [4.78, 5) is 20.4. The molecule has 0 aliphatic carbocycles. The van der Waals surface area contributed by atoms with Crippen LogP contribution in [0.5, 0.6) is 0 Å². The fourth-order valence-corrected chi connectivity index (χ4v) is 2.65. The van der Waals surface area contributed by atoms with Gasteiger partial charge in [-0.05, 0) is 18.2 Å². The summed E-state index contributed by atoms with van der Waals surface area (Å²) >= 11 is 6.02. The molecule has 0 radical (unpaired) electrons. The van der Waals surface area contributed by atoms with Crippen LogP contribution in [0.25, 0.3) is 0 Å². The van der Waals surface area contributed by atoms with Crippen LogP contribution in [0.4, 0.5) is 5.69 Å². The van der Waals surface area contributed by atoms with E-state index >= 15 is 0 Å². The van der Waals surface area contributed by atoms with E-state index in [1.807, 2.05) is 24.3 Å². The molecular formula is C15H16ClN3O2. The number of amides is 1. The molecule has 1 amide bonds. The highest BCUT2D eigenvalue weighted by atomic mass is 35.5. The van der Waals surface area contributed by atoms with Gasteiger partial charge in [0.15, 0.2) is 11.6 Å². The lowest BCUT2D eigenvalue weighted by atomic mass is 10.2. The summed E-state index contributed by atoms with van der Waals surface area (Å²) in [5.41, 5.74) is 1.47. The van der Waals surface area contributed by atoms with Crippen LogP contribution in [0.15, 0.2) is 34.9 Å². The minimum Gasteiger partial charge on any atom is -0.448 e. The molecule has 1 aliphatic heterocycles. The van der Waals surface area contributed by atoms with Crippen LogP contribution in [-0.2, 0) is 0 Å². The van der Waals surface area contributed by atoms with E-state index in [2.05, 4.69) is 9.88 Å². The van der Waals surface area contributed by atoms with E-state index in [4.69, 9.17) is 16.0 Å². The third-order valence-corrected chi connectivity index (χ3v) is 3.81. The number of rotatable bonds is 2. The second-order valence-corrected chi connectivity index (χ2v) is 5.45. The van der Waals surface area contributed by atoms with Crippen molar-refractivity contribution >= 4 is 23.2 Å². The molecule has 2 aromatic rings. The van der Waals surface area contributed by atoms with Crippen molar-refractivity contribution in [3.63, 3.8) is 0 Å². The Hall–Kier alpha value is -2.01. The number of nitrogens with zero attached hydrogens (tertiary/aromatic N) is 3. The number of halogens is 1. The number of benzene rings is 1. The molecule has 1 aromatic carbocycles. The molecule has 5 nitrogen and oxygen atoms in total. The minimum atomic E-state index is -0.0717. The van der Waals surface area contributed by atoms with Gasteiger partial charge in [0, 0.05) is 43.8 Å². The van der Waals surface area contributed by atoms with Crippen LogP contribution in [0.1, 0.15) is 16.4 Å². The molecule has 1 aliphatic rings. The third kappa shape index (κ3) is 3.03. The monoisotopic (exact) mass is 305 g/mol. The Morgan fingerprint density at radius 1 is 1.29 bits per heavy atom. The van der Waals surface area contributed by atoms with Gasteiger partial charge in [0.1, 0.15) is 6.26 Å². The van der Waals surface area contributed by atoms with Crippen LogP contribution < -0.4 is 4.90 Å². The lowest BCUT2D eigenvalue weighted by Gasteiger charge is -2.35. The molecule has 21 heavy (non-hydrogen) atoms. The maximum Gasteiger partial charge on any atom is 0.275 e. The molecule has 6 heteroatoms. The Kier molecular flexibility index (Phi) is 3.84. The highest BCUT2D eigenvalue weighted by Gasteiger charge is 2.24. The Balaban J connectivity index is 1.64. The summed E-state index contributed by atoms with van der Waals surface area (Å²) in [6, 6.07) is 7.77. The number of carbonyl (C=O) groups is 1. The number of piperazine rings is 1. The van der Waals surface area contributed by atoms with Crippen molar-refractivity contribution < 1.29 is 9.21 Å². The van der Waals surface area contributed by atoms with Crippen LogP contribution in [0.2, 0.25) is 5.02 Å². The Morgan fingerprint density at radius 2 is 2.05 bits per heavy atom. The summed E-state index contributed by atoms with van der Waals surface area (Å²) in [6.45, 7) is 4.62. The fourth-order valence-electron chi connectivity index (χ4n) is 2.46. The zero-order valence-electron chi connectivity index (χ0n) is 11.8. The van der Waals surface area contributed by atoms with Gasteiger partial charge in [-0.1, -0.05) is 17.7 Å². The average molecular weight is 306 g/mol. The maximum atomic E-state index is 12.3. The van der Waals surface area contributed by atoms with Crippen molar-refractivity contribution in [2.45, 2.75) is 6.92 Å². The molecule has 0 bridgehead atoms. The van der Waals surface area contributed by atoms with Crippen molar-refractivity contribution in [2.24, 2.45) is 0 Å². The zero-order valence-corrected chi connectivity index (χ0v) is 12.5. The van der Waals surface area contributed by atoms with Gasteiger partial charge in [-0.15, -0.1) is 0 Å². The van der Waals surface area contributed by atoms with Crippen molar-refractivity contribution in [1.29, 1.82) is 0 Å². The fraction of sp³-hybridized carbons (Fsp3) is 0.333. The molecule has 1 fully saturated rings. The van der Waals surface area contributed by atoms with E-state index in [0.29, 0.717) is 24.7 Å². The lowest BCUT2D eigenvalue weighted by Crippen LogP contribution is -2.48. The molecule has 0 atom stereocenters. The molecule has 0 saturated carbocycles. The van der Waals surface area contributed by atoms with Gasteiger partial charge in [-0.25, -0.2) is 4.98 Å². The van der Waals surface area contributed by atoms with E-state index in [1.165, 1.54) is 6.26 Å². The first-order valence-electron chi connectivity index (χ1n) is 6.85. The van der Waals surface area contributed by atoms with E-state index in [-0.39, 0.29) is 5.91 Å². The Labute approximate surface area is 128 Å². The van der Waals surface area contributed by atoms with Gasteiger partial charge in [0.05, 0.1) is 0 Å². The first-order chi connectivity index (χ1) is 10.1. The summed E-state index contributed by atoms with van der Waals surface area (Å²) in [7, 11) is 0. The third-order valence-electron chi connectivity index (χ3n) is 3.58. The van der Waals surface area contributed by atoms with Crippen molar-refractivity contribution in [3.8, 4) is 0 Å². The van der Waals surface area contributed by atoms with Crippen LogP contribution >= 0.6 is 11.6 Å². The zero-order chi connectivity index (χ0) is 14.8. The van der Waals surface area contributed by atoms with Crippen LogP contribution in [0, 0.1) is 6.92 Å². The Morgan fingerprint density at radius 3 is 2.67 bits per heavy atom. The number of oxazole rings is 1. The molecule has 110 valence electrons. The molecule has 2 heterocycles. The van der Waals surface area contributed by atoms with Crippen molar-refractivity contribution in [2.75, 3.05) is 31.1 Å². The molecule has 0 unspecified atom stereocenters. The molecule has 0 spiro atoms. The molecule has 3 rings (SSSR count). The van der Waals surface area contributed by atoms with Gasteiger partial charge < -0.3 is 14.2 Å². The molecule has 0 N–H and O–H groups in total. The molecule has 1 aromatic heterocycles. The van der Waals surface area contributed by atoms with Gasteiger partial charge >= 0.3 is 0 Å². The number of aryl methyl sites for hydroxylation is 1. The second-order valence-electron chi connectivity index (χ2n) is 5.01. The summed E-state index contributed by atoms with van der Waals surface area (Å²) in [5, 5.41) is 0.726. The minimum absolute atomic E-state index is 0.0717. The SMILES string of the molecule is Cc1nc(C(=O)N2CCN(c3cccc(Cl)c3)CC2)co1. The number of hydrogen-bond acceptors (Lipinski definition) is 4. The largest absolute Gasteiger partial charge is 0.448 e. The Bertz CT molecular complexity index is 648. The summed E-state index contributed by atoms with van der Waals surface area (Å²) in [6.07, 6.45) is 1.42. The van der Waals surface area contributed by atoms with Gasteiger partial charge in [-0.3, -0.25) is 4.79 Å². The summed E-state index contributed by atoms with van der Waals surface area (Å²) < 4.78 is 5.10. The first-order valence-corrected chi connectivity index (χ1v) is 7.23. The molecular weight excluding hydrogens is 290 g/mol. The second kappa shape index (κ2) is 5.77. The number of hydrogen-bond donors (Lipinski definition) is 0. The van der Waals surface area contributed by atoms with Crippen LogP contribution in [0.3, 0.4) is 0 Å². The van der Waals surface area contributed by atoms with E-state index in [0.717, 1.165) is 23.8 Å². The number of carbonyl (C=O) groups excluding carboxylic acids is 1. The first kappa shape index (κ1) is 13.9. The standard InChI is InChI=1S/C15H16ClN3O2/c1-11-17-14(10-21-11)15(20)19-7-5-18(6-8-19)13-4-2-3-12(16)9-13/h2-4,9-10H,5-8H2,1H3.